The topological polar surface area (TPSA) is 27.7 Å². The van der Waals surface area contributed by atoms with E-state index in [9.17, 15) is 48.3 Å². The smallest absolute Gasteiger partial charge is 0.462 e. The molecule has 0 aliphatic rings. The molecule has 16 heteroatoms. The Labute approximate surface area is 150 Å². The molecular formula is C11H17F11O3Si2. The van der Waals surface area contributed by atoms with Crippen LogP contribution in [0.25, 0.3) is 0 Å². The lowest BCUT2D eigenvalue weighted by Crippen LogP contribution is -2.60. The Kier molecular flexibility index (Phi) is 9.20. The molecule has 0 saturated carbocycles. The fourth-order valence-electron chi connectivity index (χ4n) is 1.43. The molecule has 0 heterocycles. The molecule has 0 aromatic heterocycles. The fourth-order valence-corrected chi connectivity index (χ4v) is 4.39. The van der Waals surface area contributed by atoms with Gasteiger partial charge in [0, 0.05) is 6.61 Å². The van der Waals surface area contributed by atoms with Crippen LogP contribution in [0.3, 0.4) is 0 Å². The third-order valence-corrected chi connectivity index (χ3v) is 7.25. The second-order valence-corrected chi connectivity index (χ2v) is 10.1. The van der Waals surface area contributed by atoms with E-state index in [2.05, 4.69) is 9.47 Å². The monoisotopic (exact) mass is 462 g/mol. The van der Waals surface area contributed by atoms with Gasteiger partial charge < -0.3 is 8.85 Å². The summed E-state index contributed by atoms with van der Waals surface area (Å²) < 4.78 is 150. The van der Waals surface area contributed by atoms with E-state index >= 15 is 0 Å². The number of alkyl halides is 11. The van der Waals surface area contributed by atoms with Crippen molar-refractivity contribution in [2.45, 2.75) is 55.8 Å². The maximum absolute atomic E-state index is 13.7. The highest BCUT2D eigenvalue weighted by atomic mass is 28.3. The van der Waals surface area contributed by atoms with Gasteiger partial charge in [0.25, 0.3) is 0 Å². The first-order chi connectivity index (χ1) is 11.9. The summed E-state index contributed by atoms with van der Waals surface area (Å²) in [6, 6.07) is 0.389. The molecule has 0 rings (SSSR count). The molecule has 0 aliphatic carbocycles. The van der Waals surface area contributed by atoms with Gasteiger partial charge in [-0.25, -0.2) is 0 Å². The predicted octanol–water partition coefficient (Wildman–Crippen LogP) is 3.93. The van der Waals surface area contributed by atoms with Crippen LogP contribution in [0.4, 0.5) is 48.3 Å². The van der Waals surface area contributed by atoms with Gasteiger partial charge in [-0.15, -0.1) is 0 Å². The Morgan fingerprint density at radius 2 is 1.33 bits per heavy atom. The summed E-state index contributed by atoms with van der Waals surface area (Å²) in [5, 5.41) is 0. The van der Waals surface area contributed by atoms with Gasteiger partial charge in [0.1, 0.15) is 16.4 Å². The second kappa shape index (κ2) is 9.36. The minimum atomic E-state index is -7.06. The van der Waals surface area contributed by atoms with Crippen LogP contribution in [0.2, 0.25) is 19.1 Å². The maximum atomic E-state index is 13.7. The van der Waals surface area contributed by atoms with Crippen molar-refractivity contribution < 1.29 is 61.9 Å². The van der Waals surface area contributed by atoms with Gasteiger partial charge in [0.2, 0.25) is 0 Å². The van der Waals surface area contributed by atoms with Crippen LogP contribution < -0.4 is 0 Å². The van der Waals surface area contributed by atoms with Crippen LogP contribution in [-0.4, -0.2) is 62.3 Å². The Balaban J connectivity index is 4.97. The van der Waals surface area contributed by atoms with Crippen molar-refractivity contribution in [2.75, 3.05) is 13.2 Å². The van der Waals surface area contributed by atoms with Crippen LogP contribution in [0, 0.1) is 0 Å². The van der Waals surface area contributed by atoms with Gasteiger partial charge in [0.15, 0.2) is 9.04 Å². The Morgan fingerprint density at radius 3 is 1.74 bits per heavy atom. The van der Waals surface area contributed by atoms with E-state index in [1.54, 1.807) is 0 Å². The first-order valence-corrected chi connectivity index (χ1v) is 11.7. The first kappa shape index (κ1) is 26.5. The normalized spacial score (nSPS) is 17.1. The summed E-state index contributed by atoms with van der Waals surface area (Å²) in [5.41, 5.74) is 0. The molecule has 1 atom stereocenters. The molecule has 0 aromatic carbocycles. The average molecular weight is 462 g/mol. The van der Waals surface area contributed by atoms with E-state index in [0.29, 0.717) is 6.04 Å². The zero-order valence-electron chi connectivity index (χ0n) is 14.0. The lowest BCUT2D eigenvalue weighted by atomic mass is 10.2. The zero-order valence-corrected chi connectivity index (χ0v) is 16.6. The van der Waals surface area contributed by atoms with Crippen LogP contribution in [0.5, 0.6) is 0 Å². The van der Waals surface area contributed by atoms with Crippen LogP contribution in [-0.2, 0) is 13.6 Å². The van der Waals surface area contributed by atoms with Gasteiger partial charge in [-0.2, -0.15) is 48.3 Å². The minimum Gasteiger partial charge on any atom is -0.463 e. The number of hydrogen-bond acceptors (Lipinski definition) is 3. The van der Waals surface area contributed by atoms with Gasteiger partial charge in [-0.05, 0) is 25.6 Å². The van der Waals surface area contributed by atoms with Crippen LogP contribution >= 0.6 is 0 Å². The third kappa shape index (κ3) is 7.47. The van der Waals surface area contributed by atoms with Gasteiger partial charge >= 0.3 is 30.2 Å². The number of hydrogen-bond donors (Lipinski definition) is 0. The van der Waals surface area contributed by atoms with Crippen molar-refractivity contribution in [3.05, 3.63) is 0 Å². The molecule has 1 unspecified atom stereocenters. The van der Waals surface area contributed by atoms with E-state index in [4.69, 9.17) is 4.12 Å². The molecule has 0 radical (unpaired) electrons. The van der Waals surface area contributed by atoms with E-state index in [0.717, 1.165) is 0 Å². The summed E-state index contributed by atoms with van der Waals surface area (Å²) in [4.78, 5) is 0. The molecule has 0 aromatic rings. The highest BCUT2D eigenvalue weighted by Gasteiger charge is 2.78. The van der Waals surface area contributed by atoms with Crippen molar-refractivity contribution in [2.24, 2.45) is 0 Å². The third-order valence-electron chi connectivity index (χ3n) is 2.86. The van der Waals surface area contributed by atoms with Crippen molar-refractivity contribution >= 4 is 18.8 Å². The standard InChI is InChI=1S/C11H17F11O3Si2/c1-27(2)25-26-5-3-4-23-6-7(12,9(15,16)17)24-11(21,22)8(13,14)10(18,19)20/h27H,3-6,26H2,1-2H3. The summed E-state index contributed by atoms with van der Waals surface area (Å²) in [6.07, 6.45) is -20.1. The van der Waals surface area contributed by atoms with Crippen molar-refractivity contribution in [3.63, 3.8) is 0 Å². The van der Waals surface area contributed by atoms with Gasteiger partial charge in [-0.3, -0.25) is 4.74 Å². The van der Waals surface area contributed by atoms with E-state index in [1.165, 1.54) is 0 Å². The Hall–Kier alpha value is -0.456. The average Bonchev–Trinajstić information content (AvgIpc) is 2.42. The van der Waals surface area contributed by atoms with Crippen molar-refractivity contribution in [1.82, 2.24) is 0 Å². The summed E-state index contributed by atoms with van der Waals surface area (Å²) >= 11 is 0. The quantitative estimate of drug-likeness (QED) is 0.265. The van der Waals surface area contributed by atoms with Gasteiger partial charge in [-0.1, -0.05) is 0 Å². The molecule has 0 saturated heterocycles. The van der Waals surface area contributed by atoms with Crippen LogP contribution in [0.1, 0.15) is 6.42 Å². The minimum absolute atomic E-state index is 0.0520. The van der Waals surface area contributed by atoms with E-state index < -0.39 is 62.3 Å². The second-order valence-electron chi connectivity index (χ2n) is 5.60. The maximum Gasteiger partial charge on any atom is 0.462 e. The van der Waals surface area contributed by atoms with Crippen molar-refractivity contribution in [3.8, 4) is 0 Å². The first-order valence-electron chi connectivity index (χ1n) is 7.35. The molecule has 164 valence electrons. The molecule has 0 bridgehead atoms. The van der Waals surface area contributed by atoms with Crippen LogP contribution in [0.15, 0.2) is 0 Å². The van der Waals surface area contributed by atoms with Gasteiger partial charge in [0.05, 0.1) is 0 Å². The Bertz CT molecular complexity index is 456. The number of ether oxygens (including phenoxy) is 2. The molecule has 0 fully saturated rings. The highest BCUT2D eigenvalue weighted by molar-refractivity contribution is 6.56. The molecule has 0 spiro atoms. The number of halogens is 11. The molecule has 27 heavy (non-hydrogen) atoms. The highest BCUT2D eigenvalue weighted by Crippen LogP contribution is 2.50. The summed E-state index contributed by atoms with van der Waals surface area (Å²) in [6.45, 7) is 0.779. The fraction of sp³-hybridized carbons (Fsp3) is 1.00. The zero-order chi connectivity index (χ0) is 21.7. The van der Waals surface area contributed by atoms with E-state index in [-0.39, 0.29) is 6.42 Å². The Morgan fingerprint density at radius 1 is 0.815 bits per heavy atom. The predicted molar refractivity (Wildman–Crippen MR) is 75.7 cm³/mol. The summed E-state index contributed by atoms with van der Waals surface area (Å²) in [7, 11) is -2.29. The largest absolute Gasteiger partial charge is 0.463 e. The lowest BCUT2D eigenvalue weighted by Gasteiger charge is -2.34. The SMILES string of the molecule is C[SiH](C)O[SiH2]CCCOCC(F)(OC(F)(F)C(F)(F)C(F)(F)F)C(F)(F)F. The molecule has 3 nitrogen and oxygen atoms in total. The molecule has 0 N–H and O–H groups in total. The van der Waals surface area contributed by atoms with Crippen molar-refractivity contribution in [1.29, 1.82) is 0 Å². The molecule has 0 amide bonds. The lowest BCUT2D eigenvalue weighted by molar-refractivity contribution is -0.486. The van der Waals surface area contributed by atoms with E-state index in [1.807, 2.05) is 13.1 Å². The molecule has 0 aliphatic heterocycles. The molecular weight excluding hydrogens is 445 g/mol. The summed E-state index contributed by atoms with van der Waals surface area (Å²) in [5.74, 6) is -12.6. The number of rotatable bonds is 11.